The molecule has 1 atom stereocenters. The number of aliphatic hydroxyl groups is 1. The van der Waals surface area contributed by atoms with E-state index in [2.05, 4.69) is 10.2 Å². The van der Waals surface area contributed by atoms with E-state index < -0.39 is 6.10 Å². The van der Waals surface area contributed by atoms with E-state index in [-0.39, 0.29) is 11.5 Å². The minimum atomic E-state index is -1.32. The summed E-state index contributed by atoms with van der Waals surface area (Å²) in [6, 6.07) is 12.5. The lowest BCUT2D eigenvalue weighted by Gasteiger charge is -2.28. The number of fused-ring (bicyclic) bond motifs is 1. The molecular formula is C19H21N4O2+. The normalized spacial score (nSPS) is 17.5. The Morgan fingerprint density at radius 2 is 1.72 bits per heavy atom. The minimum Gasteiger partial charge on any atom is -0.399 e. The van der Waals surface area contributed by atoms with E-state index in [1.807, 2.05) is 39.3 Å². The van der Waals surface area contributed by atoms with Gasteiger partial charge in [0.05, 0.1) is 32.4 Å². The minimum absolute atomic E-state index is 0.230. The van der Waals surface area contributed by atoms with Gasteiger partial charge >= 0.3 is 0 Å². The first kappa shape index (κ1) is 17.0. The van der Waals surface area contributed by atoms with Crippen LogP contribution in [0.1, 0.15) is 15.9 Å². The predicted octanol–water partition coefficient (Wildman–Crippen LogP) is 3.15. The zero-order valence-electron chi connectivity index (χ0n) is 14.5. The Labute approximate surface area is 146 Å². The number of aliphatic hydroxyl groups excluding tert-OH is 1. The molecule has 0 saturated heterocycles. The number of azo groups is 1. The van der Waals surface area contributed by atoms with Crippen molar-refractivity contribution in [3.63, 3.8) is 0 Å². The molecule has 0 aliphatic heterocycles. The topological polar surface area (TPSA) is 88.0 Å². The summed E-state index contributed by atoms with van der Waals surface area (Å²) in [7, 11) is 5.94. The smallest absolute Gasteiger partial charge is 0.204 e. The van der Waals surface area contributed by atoms with Crippen LogP contribution in [0.4, 0.5) is 17.1 Å². The van der Waals surface area contributed by atoms with Crippen LogP contribution in [0.5, 0.6) is 0 Å². The monoisotopic (exact) mass is 337 g/mol. The third kappa shape index (κ3) is 3.35. The number of carbonyl (C=O) groups is 1. The third-order valence-corrected chi connectivity index (χ3v) is 4.05. The van der Waals surface area contributed by atoms with E-state index in [1.165, 1.54) is 0 Å². The van der Waals surface area contributed by atoms with E-state index in [0.29, 0.717) is 21.4 Å². The molecule has 6 nitrogen and oxygen atoms in total. The summed E-state index contributed by atoms with van der Waals surface area (Å²) in [5, 5.41) is 18.6. The number of nitrogens with two attached hydrogens (primary N) is 1. The van der Waals surface area contributed by atoms with Gasteiger partial charge in [-0.3, -0.25) is 9.28 Å². The van der Waals surface area contributed by atoms with Crippen molar-refractivity contribution in [3.8, 4) is 0 Å². The lowest BCUT2D eigenvalue weighted by molar-refractivity contribution is 0.0798. The summed E-state index contributed by atoms with van der Waals surface area (Å²) in [6.45, 7) is 0. The zero-order chi connectivity index (χ0) is 18.2. The fourth-order valence-electron chi connectivity index (χ4n) is 2.75. The van der Waals surface area contributed by atoms with Crippen LogP contribution in [0.3, 0.4) is 0 Å². The van der Waals surface area contributed by atoms with Crippen LogP contribution in [0.2, 0.25) is 0 Å². The second-order valence-electron chi connectivity index (χ2n) is 6.88. The molecule has 3 N–H and O–H groups in total. The number of quaternary nitrogens is 1. The third-order valence-electron chi connectivity index (χ3n) is 4.05. The SMILES string of the molecule is C[N+](C)(C)c1cccc2c1C(=O)C(O)C(N=Nc1ccc(N)cc1)=C2. The lowest BCUT2D eigenvalue weighted by atomic mass is 9.90. The van der Waals surface area contributed by atoms with Gasteiger partial charge in [-0.1, -0.05) is 12.1 Å². The molecule has 2 aromatic carbocycles. The maximum absolute atomic E-state index is 12.7. The highest BCUT2D eigenvalue weighted by atomic mass is 16.3. The molecule has 1 unspecified atom stereocenters. The Bertz CT molecular complexity index is 877. The van der Waals surface area contributed by atoms with Crippen molar-refractivity contribution in [1.29, 1.82) is 0 Å². The standard InChI is InChI=1S/C19H20N4O2/c1-23(2,3)16-6-4-5-12-11-15(18(24)19(25)17(12)16)22-21-14-9-7-13(20)8-10-14/h4-11,18,24H,1-3H3,(H-,20,22,25)/p+1. The molecule has 128 valence electrons. The van der Waals surface area contributed by atoms with Gasteiger partial charge in [0, 0.05) is 5.69 Å². The Morgan fingerprint density at radius 1 is 1.04 bits per heavy atom. The van der Waals surface area contributed by atoms with Crippen LogP contribution < -0.4 is 10.2 Å². The molecule has 0 heterocycles. The molecular weight excluding hydrogens is 316 g/mol. The molecule has 25 heavy (non-hydrogen) atoms. The molecule has 1 aliphatic carbocycles. The molecule has 0 amide bonds. The molecule has 6 heteroatoms. The number of Topliss-reactive ketones (excluding diaryl/α,β-unsaturated/α-hetero) is 1. The highest BCUT2D eigenvalue weighted by Crippen LogP contribution is 2.34. The Morgan fingerprint density at radius 3 is 2.36 bits per heavy atom. The molecule has 0 spiro atoms. The van der Waals surface area contributed by atoms with Gasteiger partial charge in [0.15, 0.2) is 6.10 Å². The van der Waals surface area contributed by atoms with Crippen LogP contribution in [-0.4, -0.2) is 38.1 Å². The van der Waals surface area contributed by atoms with Crippen molar-refractivity contribution in [1.82, 2.24) is 4.48 Å². The van der Waals surface area contributed by atoms with Gasteiger partial charge < -0.3 is 10.8 Å². The van der Waals surface area contributed by atoms with Gasteiger partial charge in [0.25, 0.3) is 0 Å². The molecule has 0 fully saturated rings. The zero-order valence-corrected chi connectivity index (χ0v) is 14.5. The Balaban J connectivity index is 2.02. The van der Waals surface area contributed by atoms with Gasteiger partial charge in [-0.15, -0.1) is 0 Å². The molecule has 0 radical (unpaired) electrons. The van der Waals surface area contributed by atoms with Crippen LogP contribution in [0.15, 0.2) is 58.4 Å². The van der Waals surface area contributed by atoms with Crippen molar-refractivity contribution in [3.05, 3.63) is 59.3 Å². The van der Waals surface area contributed by atoms with Crippen molar-refractivity contribution >= 4 is 28.9 Å². The molecule has 1 aliphatic rings. The number of anilines is 1. The summed E-state index contributed by atoms with van der Waals surface area (Å²) in [5.41, 5.74) is 9.23. The highest BCUT2D eigenvalue weighted by Gasteiger charge is 2.34. The molecule has 0 saturated carbocycles. The summed E-state index contributed by atoms with van der Waals surface area (Å²) in [5.74, 6) is -0.354. The van der Waals surface area contributed by atoms with E-state index in [0.717, 1.165) is 11.3 Å². The van der Waals surface area contributed by atoms with Crippen molar-refractivity contribution in [2.45, 2.75) is 6.10 Å². The average molecular weight is 337 g/mol. The fraction of sp³-hybridized carbons (Fsp3) is 0.211. The number of nitrogens with zero attached hydrogens (tertiary/aromatic N) is 3. The summed E-state index contributed by atoms with van der Waals surface area (Å²) < 4.78 is 0.484. The van der Waals surface area contributed by atoms with Crippen LogP contribution in [0.25, 0.3) is 6.08 Å². The number of nitrogen functional groups attached to an aromatic ring is 1. The maximum Gasteiger partial charge on any atom is 0.204 e. The fourth-order valence-corrected chi connectivity index (χ4v) is 2.75. The number of benzene rings is 2. The summed E-state index contributed by atoms with van der Waals surface area (Å²) >= 11 is 0. The number of hydrogen-bond acceptors (Lipinski definition) is 5. The maximum atomic E-state index is 12.7. The van der Waals surface area contributed by atoms with E-state index in [1.54, 1.807) is 30.3 Å². The van der Waals surface area contributed by atoms with Gasteiger partial charge in [-0.05, 0) is 42.0 Å². The molecule has 3 rings (SSSR count). The first-order valence-corrected chi connectivity index (χ1v) is 7.93. The number of hydrogen-bond donors (Lipinski definition) is 2. The molecule has 0 bridgehead atoms. The van der Waals surface area contributed by atoms with E-state index >= 15 is 0 Å². The number of rotatable bonds is 3. The first-order chi connectivity index (χ1) is 11.8. The van der Waals surface area contributed by atoms with E-state index in [4.69, 9.17) is 5.73 Å². The second-order valence-corrected chi connectivity index (χ2v) is 6.88. The van der Waals surface area contributed by atoms with E-state index in [9.17, 15) is 9.90 Å². The van der Waals surface area contributed by atoms with Crippen LogP contribution in [0, 0.1) is 0 Å². The number of ketones is 1. The second kappa shape index (κ2) is 6.23. The summed E-state index contributed by atoms with van der Waals surface area (Å²) in [4.78, 5) is 12.7. The average Bonchev–Trinajstić information content (AvgIpc) is 2.57. The molecule has 0 aromatic heterocycles. The van der Waals surface area contributed by atoms with Gasteiger partial charge in [0.2, 0.25) is 5.78 Å². The highest BCUT2D eigenvalue weighted by molar-refractivity contribution is 6.10. The predicted molar refractivity (Wildman–Crippen MR) is 99.7 cm³/mol. The Kier molecular flexibility index (Phi) is 4.24. The van der Waals surface area contributed by atoms with Crippen molar-refractivity contribution < 1.29 is 9.90 Å². The van der Waals surface area contributed by atoms with Gasteiger partial charge in [-0.25, -0.2) is 0 Å². The van der Waals surface area contributed by atoms with Crippen LogP contribution in [-0.2, 0) is 0 Å². The first-order valence-electron chi connectivity index (χ1n) is 7.93. The van der Waals surface area contributed by atoms with Crippen molar-refractivity contribution in [2.24, 2.45) is 10.2 Å². The Hall–Kier alpha value is -2.83. The van der Waals surface area contributed by atoms with Gasteiger partial charge in [-0.2, -0.15) is 10.2 Å². The lowest BCUT2D eigenvalue weighted by Crippen LogP contribution is -2.38. The quantitative estimate of drug-likeness (QED) is 0.512. The van der Waals surface area contributed by atoms with Crippen LogP contribution >= 0.6 is 0 Å². The summed E-state index contributed by atoms with van der Waals surface area (Å²) in [6.07, 6.45) is 0.388. The van der Waals surface area contributed by atoms with Gasteiger partial charge in [0.1, 0.15) is 11.4 Å². The number of carbonyl (C=O) groups excluding carboxylic acids is 1. The van der Waals surface area contributed by atoms with Crippen molar-refractivity contribution in [2.75, 3.05) is 26.9 Å². The molecule has 2 aromatic rings. The largest absolute Gasteiger partial charge is 0.399 e.